The van der Waals surface area contributed by atoms with Crippen molar-refractivity contribution in [1.29, 1.82) is 0 Å². The average Bonchev–Trinajstić information content (AvgIpc) is 4.30. The van der Waals surface area contributed by atoms with E-state index in [1.807, 2.05) is 48.5 Å². The monoisotopic (exact) mass is 1150 g/mol. The first-order chi connectivity index (χ1) is 39.2. The fourth-order valence-electron chi connectivity index (χ4n) is 8.52. The molecular formula is C60H80N10O13. The number of nitrogens with two attached hydrogens (primary N) is 3. The lowest BCUT2D eigenvalue weighted by Gasteiger charge is -2.24. The van der Waals surface area contributed by atoms with Gasteiger partial charge >= 0.3 is 30.2 Å². The Morgan fingerprint density at radius 2 is 0.964 bits per heavy atom. The van der Waals surface area contributed by atoms with Crippen LogP contribution in [-0.4, -0.2) is 109 Å². The molecule has 0 fully saturated rings. The molecule has 2 aromatic heterocycles. The smallest absolute Gasteiger partial charge is 0.408 e. The molecule has 6 aromatic rings. The zero-order valence-electron chi connectivity index (χ0n) is 47.8. The molecule has 4 atom stereocenters. The first-order valence-electron chi connectivity index (χ1n) is 27.1. The summed E-state index contributed by atoms with van der Waals surface area (Å²) in [5.41, 5.74) is 20.3. The quantitative estimate of drug-likeness (QED) is 0.0199. The van der Waals surface area contributed by atoms with Crippen molar-refractivity contribution in [3.05, 3.63) is 132 Å². The number of nitrogen functional groups attached to an aromatic ring is 1. The molecule has 0 aliphatic carbocycles. The van der Waals surface area contributed by atoms with Crippen LogP contribution in [0.2, 0.25) is 0 Å². The number of aliphatic hydroxyl groups excluding tert-OH is 2. The molecule has 23 nitrogen and oxygen atoms in total. The maximum Gasteiger partial charge on any atom is 0.408 e. The van der Waals surface area contributed by atoms with Crippen LogP contribution in [0.4, 0.5) is 30.6 Å². The number of anilines is 2. The number of alkyl carbamates (subject to hydrolysis) is 2. The molecule has 0 radical (unpaired) electrons. The standard InChI is InChI=1S/C30H39N5O6.C23H32N4O6.C7H9NO/c1-30(2,3)41-29(40)35-25(15-21-17-33-24-9-5-4-8-23(21)24)26(37)16-20(7-6-14-32-28(31)39)27(38)34-22-12-10-19(18-36)11-13-22;1-23(2,3)33-22(32)27-18(11-15-13-26-17-9-5-4-8-16(15)17)19(28)12-14(20(29)30)7-6-10-25-21(24)31;8-7-3-1-6(5-9)2-4-7/h4-5,8-13,17,20,25,33,36H,6-7,14-16,18H2,1-3H3,(H,34,38)(H,35,40)(H3,31,32,39);4-5,8-9,13-14,18,26H,6-7,10-12H2,1-3H3,(H,27,32)(H,29,30)(H3,24,25,31);1-4,9H,5,8H2/t20-,25+;14-,18+;/m11./s1. The molecule has 0 saturated heterocycles. The molecule has 2 heterocycles. The number of aromatic amines is 2. The third-order valence-electron chi connectivity index (χ3n) is 12.6. The van der Waals surface area contributed by atoms with Crippen molar-refractivity contribution < 1.29 is 63.1 Å². The van der Waals surface area contributed by atoms with Gasteiger partial charge in [-0.05, 0) is 126 Å². The van der Waals surface area contributed by atoms with E-state index in [0.717, 1.165) is 44.2 Å². The first-order valence-corrected chi connectivity index (χ1v) is 27.1. The van der Waals surface area contributed by atoms with E-state index in [-0.39, 0.29) is 70.1 Å². The van der Waals surface area contributed by atoms with E-state index in [1.54, 1.807) is 102 Å². The number of aromatic nitrogens is 2. The second-order valence-electron chi connectivity index (χ2n) is 21.7. The summed E-state index contributed by atoms with van der Waals surface area (Å²) >= 11 is 0. The van der Waals surface area contributed by atoms with E-state index in [9.17, 15) is 48.6 Å². The number of fused-ring (bicyclic) bond motifs is 2. The number of carboxylic acid groups (broad SMARTS) is 1. The number of carbonyl (C=O) groups excluding carboxylic acids is 7. The lowest BCUT2D eigenvalue weighted by Crippen LogP contribution is -2.45. The summed E-state index contributed by atoms with van der Waals surface area (Å²) in [5, 5.41) is 42.3. The largest absolute Gasteiger partial charge is 0.481 e. The average molecular weight is 1150 g/mol. The molecular weight excluding hydrogens is 1070 g/mol. The number of nitrogens with one attached hydrogen (secondary N) is 7. The van der Waals surface area contributed by atoms with Crippen LogP contribution in [0.5, 0.6) is 0 Å². The van der Waals surface area contributed by atoms with Crippen molar-refractivity contribution in [3.8, 4) is 0 Å². The van der Waals surface area contributed by atoms with Gasteiger partial charge in [0.15, 0.2) is 11.6 Å². The second-order valence-corrected chi connectivity index (χ2v) is 21.7. The van der Waals surface area contributed by atoms with Gasteiger partial charge in [0, 0.05) is 90.3 Å². The summed E-state index contributed by atoms with van der Waals surface area (Å²) in [6.45, 7) is 10.7. The van der Waals surface area contributed by atoms with Crippen LogP contribution in [0.15, 0.2) is 109 Å². The predicted molar refractivity (Wildman–Crippen MR) is 316 cm³/mol. The van der Waals surface area contributed by atoms with Crippen molar-refractivity contribution >= 4 is 80.9 Å². The Bertz CT molecular complexity index is 3090. The van der Waals surface area contributed by atoms with Gasteiger partial charge in [-0.25, -0.2) is 19.2 Å². The Hall–Kier alpha value is -8.96. The van der Waals surface area contributed by atoms with Crippen LogP contribution in [0.3, 0.4) is 0 Å². The van der Waals surface area contributed by atoms with Crippen LogP contribution >= 0.6 is 0 Å². The third-order valence-corrected chi connectivity index (χ3v) is 12.6. The van der Waals surface area contributed by atoms with Gasteiger partial charge in [0.1, 0.15) is 11.2 Å². The molecule has 0 aliphatic rings. The molecule has 0 saturated carbocycles. The summed E-state index contributed by atoms with van der Waals surface area (Å²) in [7, 11) is 0. The minimum absolute atomic E-state index is 0.0836. The van der Waals surface area contributed by atoms with E-state index in [0.29, 0.717) is 30.5 Å². The normalized spacial score (nSPS) is 12.6. The van der Waals surface area contributed by atoms with Gasteiger partial charge in [-0.2, -0.15) is 0 Å². The molecule has 0 spiro atoms. The number of H-pyrrole nitrogens is 2. The first kappa shape index (κ1) is 66.6. The number of ether oxygens (including phenoxy) is 2. The minimum atomic E-state index is -1.12. The number of amides is 7. The van der Waals surface area contributed by atoms with Crippen molar-refractivity contribution in [2.24, 2.45) is 23.3 Å². The van der Waals surface area contributed by atoms with Crippen LogP contribution in [0.25, 0.3) is 21.8 Å². The number of carbonyl (C=O) groups is 8. The number of Topliss-reactive ketones (excluding diaryl/α,β-unsaturated/α-hetero) is 2. The summed E-state index contributed by atoms with van der Waals surface area (Å²) in [6.07, 6.45) is 3.26. The number of hydrogen-bond donors (Lipinski definition) is 13. The van der Waals surface area contributed by atoms with Crippen molar-refractivity contribution in [3.63, 3.8) is 0 Å². The van der Waals surface area contributed by atoms with E-state index in [2.05, 4.69) is 36.6 Å². The molecule has 0 bridgehead atoms. The highest BCUT2D eigenvalue weighted by Crippen LogP contribution is 2.25. The van der Waals surface area contributed by atoms with Crippen LogP contribution in [0.1, 0.15) is 102 Å². The molecule has 16 N–H and O–H groups in total. The lowest BCUT2D eigenvalue weighted by molar-refractivity contribution is -0.144. The molecule has 7 amide bonds. The number of urea groups is 2. The van der Waals surface area contributed by atoms with Crippen LogP contribution in [0, 0.1) is 11.8 Å². The Morgan fingerprint density at radius 1 is 0.566 bits per heavy atom. The van der Waals surface area contributed by atoms with E-state index >= 15 is 0 Å². The van der Waals surface area contributed by atoms with Gasteiger partial charge in [0.2, 0.25) is 5.91 Å². The third kappa shape index (κ3) is 24.3. The number of benzene rings is 4. The topological polar surface area (TPSA) is 385 Å². The summed E-state index contributed by atoms with van der Waals surface area (Å²) in [6, 6.07) is 25.8. The van der Waals surface area contributed by atoms with E-state index < -0.39 is 71.1 Å². The maximum atomic E-state index is 13.7. The zero-order chi connectivity index (χ0) is 61.3. The van der Waals surface area contributed by atoms with Gasteiger partial charge in [0.05, 0.1) is 31.2 Å². The highest BCUT2D eigenvalue weighted by Gasteiger charge is 2.32. The number of carboxylic acids is 1. The molecule has 83 heavy (non-hydrogen) atoms. The molecule has 0 unspecified atom stereocenters. The highest BCUT2D eigenvalue weighted by molar-refractivity contribution is 5.98. The number of aliphatic hydroxyl groups is 2. The highest BCUT2D eigenvalue weighted by atomic mass is 16.6. The number of hydrogen-bond acceptors (Lipinski definition) is 13. The molecule has 448 valence electrons. The van der Waals surface area contributed by atoms with Gasteiger partial charge in [-0.3, -0.25) is 19.2 Å². The summed E-state index contributed by atoms with van der Waals surface area (Å²) < 4.78 is 10.7. The number of rotatable bonds is 25. The maximum absolute atomic E-state index is 13.7. The molecule has 0 aliphatic heterocycles. The fourth-order valence-corrected chi connectivity index (χ4v) is 8.52. The zero-order valence-corrected chi connectivity index (χ0v) is 47.8. The Balaban J connectivity index is 0.000000314. The van der Waals surface area contributed by atoms with Crippen LogP contribution < -0.4 is 43.8 Å². The Kier molecular flexibility index (Phi) is 26.0. The Labute approximate surface area is 482 Å². The molecule has 4 aromatic carbocycles. The van der Waals surface area contributed by atoms with Crippen LogP contribution in [-0.2, 0) is 54.7 Å². The number of primary amides is 2. The second kappa shape index (κ2) is 32.5. The number of aliphatic carboxylic acids is 1. The van der Waals surface area contributed by atoms with E-state index in [4.69, 9.17) is 31.8 Å². The van der Waals surface area contributed by atoms with Crippen molar-refractivity contribution in [2.45, 2.75) is 129 Å². The number of para-hydroxylation sites is 2. The van der Waals surface area contributed by atoms with E-state index in [1.165, 1.54) is 0 Å². The van der Waals surface area contributed by atoms with Crippen molar-refractivity contribution in [1.82, 2.24) is 31.2 Å². The van der Waals surface area contributed by atoms with Gasteiger partial charge in [0.25, 0.3) is 0 Å². The van der Waals surface area contributed by atoms with Gasteiger partial charge in [-0.15, -0.1) is 0 Å². The number of ketones is 2. The minimum Gasteiger partial charge on any atom is -0.481 e. The predicted octanol–water partition coefficient (Wildman–Crippen LogP) is 7.23. The van der Waals surface area contributed by atoms with Crippen molar-refractivity contribution in [2.75, 3.05) is 24.1 Å². The summed E-state index contributed by atoms with van der Waals surface area (Å²) in [5.74, 6) is -3.96. The fraction of sp³-hybridized carbons (Fsp3) is 0.400. The Morgan fingerprint density at radius 3 is 1.36 bits per heavy atom. The SMILES string of the molecule is CC(C)(C)OC(=O)N[C@@H](Cc1c[nH]c2ccccc12)C(=O)C[C@@H](CCCNC(N)=O)C(=O)Nc1ccc(CO)cc1.CC(C)(C)OC(=O)N[C@@H](Cc1c[nH]c2ccccc12)C(=O)C[C@@H](CCCNC(N)=O)C(=O)O.Nc1ccc(CO)cc1. The van der Waals surface area contributed by atoms with Gasteiger partial charge in [-0.1, -0.05) is 60.7 Å². The summed E-state index contributed by atoms with van der Waals surface area (Å²) in [4.78, 5) is 105. The molecule has 6 rings (SSSR count). The lowest BCUT2D eigenvalue weighted by atomic mass is 9.91. The molecule has 23 heteroatoms. The van der Waals surface area contributed by atoms with Gasteiger partial charge < -0.3 is 78.5 Å².